The Hall–Kier alpha value is -2.50. The fraction of sp³-hybridized carbons (Fsp3) is 0.364. The molecule has 0 amide bonds. The van der Waals surface area contributed by atoms with Crippen LogP contribution in [-0.4, -0.2) is 29.9 Å². The first-order chi connectivity index (χ1) is 13.0. The molecule has 140 valence electrons. The molecule has 2 fully saturated rings. The number of nitrogens with one attached hydrogen (secondary N) is 1. The Morgan fingerprint density at radius 3 is 2.11 bits per heavy atom. The first-order valence-electron chi connectivity index (χ1n) is 9.35. The summed E-state index contributed by atoms with van der Waals surface area (Å²) in [6.45, 7) is 4.48. The van der Waals surface area contributed by atoms with Crippen molar-refractivity contribution in [2.45, 2.75) is 44.1 Å². The molecule has 2 aromatic rings. The lowest BCUT2D eigenvalue weighted by atomic mass is 9.82. The van der Waals surface area contributed by atoms with Crippen molar-refractivity contribution in [3.63, 3.8) is 0 Å². The van der Waals surface area contributed by atoms with Gasteiger partial charge in [-0.3, -0.25) is 10.2 Å². The number of Topliss-reactive ketones (excluding diaryl/α,β-unsaturated/α-hetero) is 1. The van der Waals surface area contributed by atoms with Crippen molar-refractivity contribution in [2.75, 3.05) is 6.61 Å². The summed E-state index contributed by atoms with van der Waals surface area (Å²) in [6, 6.07) is 19.3. The molecule has 27 heavy (non-hydrogen) atoms. The van der Waals surface area contributed by atoms with Gasteiger partial charge in [-0.1, -0.05) is 60.7 Å². The maximum atomic E-state index is 13.7. The van der Waals surface area contributed by atoms with Gasteiger partial charge < -0.3 is 9.47 Å². The average molecular weight is 364 g/mol. The van der Waals surface area contributed by atoms with Crippen LogP contribution in [0, 0.1) is 0 Å². The van der Waals surface area contributed by atoms with Crippen LogP contribution in [0.4, 0.5) is 0 Å². The van der Waals surface area contributed by atoms with Crippen LogP contribution in [0.25, 0.3) is 0 Å². The lowest BCUT2D eigenvalue weighted by Crippen LogP contribution is -2.37. The number of carbonyl (C=O) groups is 1. The molecule has 1 N–H and O–H groups in total. The molecule has 2 aliphatic heterocycles. The van der Waals surface area contributed by atoms with Gasteiger partial charge in [0.05, 0.1) is 0 Å². The molecule has 0 aromatic heterocycles. The molecule has 2 saturated heterocycles. The number of hydrogen-bond donors (Lipinski definition) is 1. The summed E-state index contributed by atoms with van der Waals surface area (Å²) in [5.41, 5.74) is 2.96. The maximum absolute atomic E-state index is 13.7. The Labute approximate surface area is 159 Å². The number of ketones is 1. The van der Waals surface area contributed by atoms with Crippen LogP contribution in [0.5, 0.6) is 0 Å². The van der Waals surface area contributed by atoms with Crippen LogP contribution in [-0.2, 0) is 19.9 Å². The zero-order valence-electron chi connectivity index (χ0n) is 15.6. The van der Waals surface area contributed by atoms with Crippen molar-refractivity contribution in [2.24, 2.45) is 5.10 Å². The first kappa shape index (κ1) is 17.9. The molecule has 0 aliphatic carbocycles. The van der Waals surface area contributed by atoms with E-state index in [2.05, 4.69) is 10.5 Å². The molecule has 5 nitrogen and oxygen atoms in total. The Bertz CT molecular complexity index is 801. The van der Waals surface area contributed by atoms with E-state index in [9.17, 15) is 4.79 Å². The van der Waals surface area contributed by atoms with E-state index in [1.165, 1.54) is 0 Å². The van der Waals surface area contributed by atoms with E-state index in [4.69, 9.17) is 9.47 Å². The zero-order chi connectivity index (χ0) is 18.9. The largest absolute Gasteiger partial charge is 0.357 e. The fourth-order valence-corrected chi connectivity index (χ4v) is 3.81. The smallest absolute Gasteiger partial charge is 0.222 e. The van der Waals surface area contributed by atoms with Gasteiger partial charge in [-0.2, -0.15) is 5.10 Å². The van der Waals surface area contributed by atoms with Crippen molar-refractivity contribution in [3.05, 3.63) is 71.8 Å². The molecule has 0 bridgehead atoms. The molecule has 0 spiro atoms. The van der Waals surface area contributed by atoms with E-state index in [-0.39, 0.29) is 12.0 Å². The predicted octanol–water partition coefficient (Wildman–Crippen LogP) is 3.39. The van der Waals surface area contributed by atoms with E-state index in [0.717, 1.165) is 24.0 Å². The molecule has 4 rings (SSSR count). The van der Waals surface area contributed by atoms with Gasteiger partial charge in [0.15, 0.2) is 5.60 Å². The van der Waals surface area contributed by atoms with Gasteiger partial charge in [0, 0.05) is 6.61 Å². The number of rotatable bonds is 4. The molecule has 2 aliphatic rings. The van der Waals surface area contributed by atoms with Gasteiger partial charge in [0.25, 0.3) is 0 Å². The van der Waals surface area contributed by atoms with E-state index < -0.39 is 11.2 Å². The zero-order valence-corrected chi connectivity index (χ0v) is 15.6. The second-order valence-corrected chi connectivity index (χ2v) is 7.45. The summed E-state index contributed by atoms with van der Waals surface area (Å²) >= 11 is 0. The molecular formula is C22H24N2O3. The highest BCUT2D eigenvalue weighted by molar-refractivity contribution is 6.47. The highest BCUT2D eigenvalue weighted by Crippen LogP contribution is 2.45. The van der Waals surface area contributed by atoms with Gasteiger partial charge >= 0.3 is 0 Å². The standard InChI is InChI=1S/C22H24N2O3/c1-21(2)19(24-23-18-14-9-15-26-18)20(25)22(27-21,16-10-5-3-6-11-16)17-12-7-4-8-13-17/h3-8,10-13,18,23H,9,14-15H2,1-2H3/b24-19+. The third kappa shape index (κ3) is 3.07. The molecular weight excluding hydrogens is 340 g/mol. The topological polar surface area (TPSA) is 59.9 Å². The van der Waals surface area contributed by atoms with E-state index in [1.807, 2.05) is 74.5 Å². The van der Waals surface area contributed by atoms with Gasteiger partial charge in [-0.05, 0) is 37.8 Å². The van der Waals surface area contributed by atoms with Gasteiger partial charge in [-0.15, -0.1) is 0 Å². The number of nitrogens with zero attached hydrogens (tertiary/aromatic N) is 1. The van der Waals surface area contributed by atoms with Gasteiger partial charge in [0.1, 0.15) is 17.5 Å². The van der Waals surface area contributed by atoms with Crippen LogP contribution < -0.4 is 5.43 Å². The summed E-state index contributed by atoms with van der Waals surface area (Å²) in [6.07, 6.45) is 1.73. The average Bonchev–Trinajstić information content (AvgIpc) is 3.27. The van der Waals surface area contributed by atoms with Crippen molar-refractivity contribution < 1.29 is 14.3 Å². The quantitative estimate of drug-likeness (QED) is 0.845. The first-order valence-corrected chi connectivity index (χ1v) is 9.35. The second-order valence-electron chi connectivity index (χ2n) is 7.45. The molecule has 0 saturated carbocycles. The minimum atomic E-state index is -1.21. The van der Waals surface area contributed by atoms with Crippen molar-refractivity contribution in [1.29, 1.82) is 0 Å². The predicted molar refractivity (Wildman–Crippen MR) is 103 cm³/mol. The Morgan fingerprint density at radius 2 is 1.59 bits per heavy atom. The van der Waals surface area contributed by atoms with Crippen LogP contribution in [0.15, 0.2) is 65.8 Å². The Kier molecular flexibility index (Phi) is 4.58. The molecule has 5 heteroatoms. The van der Waals surface area contributed by atoms with Crippen molar-refractivity contribution >= 4 is 11.5 Å². The lowest BCUT2D eigenvalue weighted by Gasteiger charge is -2.30. The summed E-state index contributed by atoms with van der Waals surface area (Å²) in [7, 11) is 0. The lowest BCUT2D eigenvalue weighted by molar-refractivity contribution is -0.132. The third-order valence-corrected chi connectivity index (χ3v) is 5.12. The molecule has 0 radical (unpaired) electrons. The minimum absolute atomic E-state index is 0.143. The van der Waals surface area contributed by atoms with Crippen LogP contribution in [0.2, 0.25) is 0 Å². The van der Waals surface area contributed by atoms with Gasteiger partial charge in [-0.25, -0.2) is 0 Å². The van der Waals surface area contributed by atoms with E-state index in [0.29, 0.717) is 12.3 Å². The highest BCUT2D eigenvalue weighted by atomic mass is 16.5. The monoisotopic (exact) mass is 364 g/mol. The fourth-order valence-electron chi connectivity index (χ4n) is 3.81. The van der Waals surface area contributed by atoms with Crippen LogP contribution in [0.3, 0.4) is 0 Å². The molecule has 1 unspecified atom stereocenters. The maximum Gasteiger partial charge on any atom is 0.222 e. The molecule has 2 aromatic carbocycles. The summed E-state index contributed by atoms with van der Waals surface area (Å²) in [5.74, 6) is -0.143. The highest BCUT2D eigenvalue weighted by Gasteiger charge is 2.58. The number of hydrogen-bond acceptors (Lipinski definition) is 5. The molecule has 2 heterocycles. The van der Waals surface area contributed by atoms with Crippen LogP contribution >= 0.6 is 0 Å². The van der Waals surface area contributed by atoms with E-state index in [1.54, 1.807) is 0 Å². The third-order valence-electron chi connectivity index (χ3n) is 5.12. The number of ether oxygens (including phenoxy) is 2. The molecule has 1 atom stereocenters. The number of carbonyl (C=O) groups excluding carboxylic acids is 1. The van der Waals surface area contributed by atoms with Crippen LogP contribution in [0.1, 0.15) is 37.8 Å². The number of benzene rings is 2. The SMILES string of the molecule is CC1(C)OC(c2ccccc2)(c2ccccc2)C(=O)/C1=N\NC1CCCO1. The summed E-state index contributed by atoms with van der Waals surface area (Å²) in [5, 5.41) is 4.45. The van der Waals surface area contributed by atoms with Crippen molar-refractivity contribution in [3.8, 4) is 0 Å². The van der Waals surface area contributed by atoms with Crippen molar-refractivity contribution in [1.82, 2.24) is 5.43 Å². The summed E-state index contributed by atoms with van der Waals surface area (Å²) < 4.78 is 12.1. The van der Waals surface area contributed by atoms with Gasteiger partial charge in [0.2, 0.25) is 5.78 Å². The normalized spacial score (nSPS) is 25.0. The second kappa shape index (κ2) is 6.91. The Morgan fingerprint density at radius 1 is 1.00 bits per heavy atom. The number of hydrazone groups is 1. The summed E-state index contributed by atoms with van der Waals surface area (Å²) in [4.78, 5) is 13.7. The van der Waals surface area contributed by atoms with E-state index >= 15 is 0 Å². The Balaban J connectivity index is 1.80. The minimum Gasteiger partial charge on any atom is -0.357 e.